The highest BCUT2D eigenvalue weighted by Gasteiger charge is 2.17. The van der Waals surface area contributed by atoms with Crippen LogP contribution in [0, 0.1) is 6.92 Å². The van der Waals surface area contributed by atoms with Crippen molar-refractivity contribution in [2.45, 2.75) is 13.5 Å². The van der Waals surface area contributed by atoms with Gasteiger partial charge in [-0.15, -0.1) is 0 Å². The maximum atomic E-state index is 4.91. The van der Waals surface area contributed by atoms with Crippen LogP contribution in [-0.4, -0.2) is 63.7 Å². The highest BCUT2D eigenvalue weighted by molar-refractivity contribution is 5.92. The molecule has 10 nitrogen and oxygen atoms in total. The number of aromatic nitrogens is 9. The Morgan fingerprint density at radius 3 is 2.76 bits per heavy atom. The van der Waals surface area contributed by atoms with Gasteiger partial charge in [0.15, 0.2) is 17.2 Å². The van der Waals surface area contributed by atoms with Crippen LogP contribution in [0.3, 0.4) is 0 Å². The molecule has 6 heterocycles. The Bertz CT molecular complexity index is 1640. The maximum Gasteiger partial charge on any atom is 0.162 e. The summed E-state index contributed by atoms with van der Waals surface area (Å²) in [6.07, 6.45) is 9.19. The molecule has 0 aromatic carbocycles. The fourth-order valence-electron chi connectivity index (χ4n) is 4.07. The number of nitrogens with one attached hydrogen (secondary N) is 2. The molecule has 6 rings (SSSR count). The van der Waals surface area contributed by atoms with Gasteiger partial charge in [0.2, 0.25) is 0 Å². The molecule has 0 saturated heterocycles. The number of aryl methyl sites for hydroxylation is 1. The first-order chi connectivity index (χ1) is 16.5. The minimum absolute atomic E-state index is 0.599. The Morgan fingerprint density at radius 1 is 1.03 bits per heavy atom. The molecule has 0 aliphatic heterocycles. The summed E-state index contributed by atoms with van der Waals surface area (Å²) < 4.78 is 1.94. The number of rotatable bonds is 5. The summed E-state index contributed by atoms with van der Waals surface area (Å²) in [5.41, 5.74) is 8.34. The molecule has 168 valence electrons. The van der Waals surface area contributed by atoms with Crippen molar-refractivity contribution >= 4 is 22.2 Å². The number of pyridine rings is 3. The molecule has 0 saturated carbocycles. The van der Waals surface area contributed by atoms with Crippen LogP contribution >= 0.6 is 0 Å². The van der Waals surface area contributed by atoms with Crippen LogP contribution < -0.4 is 0 Å². The first-order valence-electron chi connectivity index (χ1n) is 10.9. The minimum atomic E-state index is 0.599. The number of nitrogens with zero attached hydrogens (tertiary/aromatic N) is 8. The average molecular weight is 451 g/mol. The van der Waals surface area contributed by atoms with Gasteiger partial charge in [0, 0.05) is 36.9 Å². The summed E-state index contributed by atoms with van der Waals surface area (Å²) in [7, 11) is 4.08. The molecular formula is C24H22N10. The Kier molecular flexibility index (Phi) is 4.66. The van der Waals surface area contributed by atoms with E-state index in [-0.39, 0.29) is 0 Å². The fraction of sp³-hybridized carbons (Fsp3) is 0.167. The van der Waals surface area contributed by atoms with Crippen LogP contribution in [0.2, 0.25) is 0 Å². The highest BCUT2D eigenvalue weighted by atomic mass is 15.2. The largest absolute Gasteiger partial charge is 0.321 e. The fourth-order valence-corrected chi connectivity index (χ4v) is 4.07. The molecule has 10 heteroatoms. The molecule has 0 aliphatic rings. The normalized spacial score (nSPS) is 11.8. The summed E-state index contributed by atoms with van der Waals surface area (Å²) in [6.45, 7) is 2.76. The van der Waals surface area contributed by atoms with Crippen LogP contribution in [0.25, 0.3) is 50.7 Å². The third-order valence-corrected chi connectivity index (χ3v) is 5.57. The molecule has 0 fully saturated rings. The SMILES string of the molecule is Cc1cn(-c2ccnc3[nH]c(-c4n[nH]c5ccc(-c6cncc(CN(C)C)c6)nc45)nc23)cn1. The van der Waals surface area contributed by atoms with Crippen LogP contribution in [0.5, 0.6) is 0 Å². The predicted octanol–water partition coefficient (Wildman–Crippen LogP) is 3.51. The maximum absolute atomic E-state index is 4.91. The van der Waals surface area contributed by atoms with Crippen molar-refractivity contribution in [2.24, 2.45) is 0 Å². The lowest BCUT2D eigenvalue weighted by Crippen LogP contribution is -2.10. The first-order valence-corrected chi connectivity index (χ1v) is 10.9. The van der Waals surface area contributed by atoms with Crippen molar-refractivity contribution in [3.05, 3.63) is 66.6 Å². The van der Waals surface area contributed by atoms with Gasteiger partial charge in [0.05, 0.1) is 28.9 Å². The van der Waals surface area contributed by atoms with Gasteiger partial charge in [-0.25, -0.2) is 19.9 Å². The smallest absolute Gasteiger partial charge is 0.162 e. The van der Waals surface area contributed by atoms with Gasteiger partial charge < -0.3 is 14.5 Å². The standard InChI is InChI=1S/C24H22N10/c1-14-11-34(13-27-14)19-6-7-26-23-21(19)29-24(30-23)22-20-18(31-32-22)5-4-17(28-20)16-8-15(9-25-10-16)12-33(2)3/h4-11,13H,12H2,1-3H3,(H,31,32)(H,26,29,30). The van der Waals surface area contributed by atoms with Gasteiger partial charge in [-0.1, -0.05) is 0 Å². The number of H-pyrrole nitrogens is 2. The zero-order valence-corrected chi connectivity index (χ0v) is 19.0. The van der Waals surface area contributed by atoms with E-state index < -0.39 is 0 Å². The predicted molar refractivity (Wildman–Crippen MR) is 129 cm³/mol. The quantitative estimate of drug-likeness (QED) is 0.413. The van der Waals surface area contributed by atoms with Crippen molar-refractivity contribution in [3.8, 4) is 28.5 Å². The molecule has 0 radical (unpaired) electrons. The average Bonchev–Trinajstić information content (AvgIpc) is 3.55. The van der Waals surface area contributed by atoms with E-state index in [0.29, 0.717) is 17.2 Å². The van der Waals surface area contributed by atoms with E-state index in [9.17, 15) is 0 Å². The number of fused-ring (bicyclic) bond motifs is 2. The van der Waals surface area contributed by atoms with Crippen LogP contribution in [0.1, 0.15) is 11.3 Å². The molecule has 0 spiro atoms. The highest BCUT2D eigenvalue weighted by Crippen LogP contribution is 2.29. The van der Waals surface area contributed by atoms with Gasteiger partial charge in [-0.2, -0.15) is 5.10 Å². The lowest BCUT2D eigenvalue weighted by Gasteiger charge is -2.10. The number of hydrogen-bond acceptors (Lipinski definition) is 7. The van der Waals surface area contributed by atoms with Gasteiger partial charge in [-0.3, -0.25) is 10.1 Å². The molecule has 0 atom stereocenters. The molecule has 0 amide bonds. The molecule has 2 N–H and O–H groups in total. The second kappa shape index (κ2) is 7.85. The number of imidazole rings is 2. The van der Waals surface area contributed by atoms with E-state index in [1.165, 1.54) is 0 Å². The Labute approximate surface area is 194 Å². The van der Waals surface area contributed by atoms with Crippen molar-refractivity contribution in [1.29, 1.82) is 0 Å². The van der Waals surface area contributed by atoms with Crippen molar-refractivity contribution in [1.82, 2.24) is 49.6 Å². The molecule has 6 aromatic heterocycles. The van der Waals surface area contributed by atoms with E-state index in [1.54, 1.807) is 12.5 Å². The Morgan fingerprint density at radius 2 is 1.94 bits per heavy atom. The minimum Gasteiger partial charge on any atom is -0.321 e. The lowest BCUT2D eigenvalue weighted by molar-refractivity contribution is 0.402. The summed E-state index contributed by atoms with van der Waals surface area (Å²) in [4.78, 5) is 28.4. The van der Waals surface area contributed by atoms with Gasteiger partial charge in [-0.05, 0) is 50.8 Å². The van der Waals surface area contributed by atoms with Crippen LogP contribution in [0.15, 0.2) is 55.4 Å². The molecule has 0 unspecified atom stereocenters. The van der Waals surface area contributed by atoms with Crippen molar-refractivity contribution < 1.29 is 0 Å². The van der Waals surface area contributed by atoms with E-state index in [4.69, 9.17) is 9.97 Å². The summed E-state index contributed by atoms with van der Waals surface area (Å²) in [5, 5.41) is 7.57. The summed E-state index contributed by atoms with van der Waals surface area (Å²) in [6, 6.07) is 7.99. The molecule has 6 aromatic rings. The Balaban J connectivity index is 1.45. The van der Waals surface area contributed by atoms with Gasteiger partial charge >= 0.3 is 0 Å². The lowest BCUT2D eigenvalue weighted by atomic mass is 10.1. The number of aromatic amines is 2. The summed E-state index contributed by atoms with van der Waals surface area (Å²) in [5.74, 6) is 0.599. The Hall–Kier alpha value is -4.44. The van der Waals surface area contributed by atoms with Gasteiger partial charge in [0.1, 0.15) is 11.0 Å². The van der Waals surface area contributed by atoms with E-state index >= 15 is 0 Å². The molecule has 34 heavy (non-hydrogen) atoms. The van der Waals surface area contributed by atoms with E-state index in [0.717, 1.165) is 51.3 Å². The second-order valence-corrected chi connectivity index (χ2v) is 8.52. The topological polar surface area (TPSA) is 117 Å². The monoisotopic (exact) mass is 450 g/mol. The third-order valence-electron chi connectivity index (χ3n) is 5.57. The molecular weight excluding hydrogens is 428 g/mol. The third kappa shape index (κ3) is 3.50. The molecule has 0 aliphatic carbocycles. The number of hydrogen-bond donors (Lipinski definition) is 2. The van der Waals surface area contributed by atoms with Crippen LogP contribution in [-0.2, 0) is 6.54 Å². The van der Waals surface area contributed by atoms with Crippen molar-refractivity contribution in [2.75, 3.05) is 14.1 Å². The zero-order chi connectivity index (χ0) is 23.2. The summed E-state index contributed by atoms with van der Waals surface area (Å²) >= 11 is 0. The zero-order valence-electron chi connectivity index (χ0n) is 19.0. The second-order valence-electron chi connectivity index (χ2n) is 8.52. The van der Waals surface area contributed by atoms with E-state index in [1.807, 2.05) is 62.4 Å². The van der Waals surface area contributed by atoms with Gasteiger partial charge in [0.25, 0.3) is 0 Å². The first kappa shape index (κ1) is 20.2. The van der Waals surface area contributed by atoms with Crippen molar-refractivity contribution in [3.63, 3.8) is 0 Å². The van der Waals surface area contributed by atoms with E-state index in [2.05, 4.69) is 41.1 Å². The molecule has 0 bridgehead atoms. The van der Waals surface area contributed by atoms with Crippen LogP contribution in [0.4, 0.5) is 0 Å².